The van der Waals surface area contributed by atoms with Crippen LogP contribution in [0.25, 0.3) is 0 Å². The van der Waals surface area contributed by atoms with E-state index in [-0.39, 0.29) is 0 Å². The molecule has 0 saturated heterocycles. The summed E-state index contributed by atoms with van der Waals surface area (Å²) in [4.78, 5) is 0. The van der Waals surface area contributed by atoms with Gasteiger partial charge in [-0.15, -0.1) is 10.2 Å². The highest BCUT2D eigenvalue weighted by atomic mass is 15.3. The summed E-state index contributed by atoms with van der Waals surface area (Å²) in [6, 6.07) is 0.492. The van der Waals surface area contributed by atoms with Gasteiger partial charge in [0.2, 0.25) is 0 Å². The quantitative estimate of drug-likeness (QED) is 0.743. The van der Waals surface area contributed by atoms with Crippen molar-refractivity contribution in [1.29, 1.82) is 0 Å². The Bertz CT molecular complexity index is 242. The van der Waals surface area contributed by atoms with Crippen molar-refractivity contribution in [3.63, 3.8) is 0 Å². The van der Waals surface area contributed by atoms with E-state index in [0.717, 1.165) is 25.3 Å². The number of aromatic nitrogens is 3. The molecule has 0 fully saturated rings. The normalized spacial score (nSPS) is 11.1. The van der Waals surface area contributed by atoms with Gasteiger partial charge in [-0.3, -0.25) is 0 Å². The molecule has 1 rings (SSSR count). The van der Waals surface area contributed by atoms with Crippen LogP contribution in [0.3, 0.4) is 0 Å². The molecule has 13 heavy (non-hydrogen) atoms. The predicted molar refractivity (Wildman–Crippen MR) is 52.3 cm³/mol. The van der Waals surface area contributed by atoms with Gasteiger partial charge in [-0.2, -0.15) is 0 Å². The van der Waals surface area contributed by atoms with Crippen LogP contribution >= 0.6 is 0 Å². The Morgan fingerprint density at radius 1 is 1.54 bits per heavy atom. The first-order chi connectivity index (χ1) is 6.24. The van der Waals surface area contributed by atoms with Gasteiger partial charge < -0.3 is 9.88 Å². The maximum atomic E-state index is 4.06. The molecule has 0 aliphatic heterocycles. The Kier molecular flexibility index (Phi) is 3.89. The van der Waals surface area contributed by atoms with Gasteiger partial charge in [0.25, 0.3) is 0 Å². The van der Waals surface area contributed by atoms with E-state index in [1.807, 2.05) is 0 Å². The highest BCUT2D eigenvalue weighted by Crippen LogP contribution is 1.97. The second kappa shape index (κ2) is 4.97. The topological polar surface area (TPSA) is 42.7 Å². The minimum atomic E-state index is 0.492. The second-order valence-electron chi connectivity index (χ2n) is 3.48. The summed E-state index contributed by atoms with van der Waals surface area (Å²) < 4.78 is 2.09. The highest BCUT2D eigenvalue weighted by molar-refractivity contribution is 4.85. The SMILES string of the molecule is CCCn1cnnc1CNC(C)C. The predicted octanol–water partition coefficient (Wildman–Crippen LogP) is 1.19. The minimum absolute atomic E-state index is 0.492. The van der Waals surface area contributed by atoms with Crippen molar-refractivity contribution in [2.45, 2.75) is 46.3 Å². The number of aryl methyl sites for hydroxylation is 1. The molecule has 1 aromatic rings. The maximum absolute atomic E-state index is 4.06. The fourth-order valence-electron chi connectivity index (χ4n) is 1.14. The molecule has 1 N–H and O–H groups in total. The molecule has 0 spiro atoms. The van der Waals surface area contributed by atoms with Crippen molar-refractivity contribution >= 4 is 0 Å². The maximum Gasteiger partial charge on any atom is 0.146 e. The summed E-state index contributed by atoms with van der Waals surface area (Å²) in [6.45, 7) is 8.21. The summed E-state index contributed by atoms with van der Waals surface area (Å²) >= 11 is 0. The molecule has 74 valence electrons. The first kappa shape index (κ1) is 10.2. The summed E-state index contributed by atoms with van der Waals surface area (Å²) in [5.74, 6) is 1.02. The van der Waals surface area contributed by atoms with Crippen molar-refractivity contribution in [2.24, 2.45) is 0 Å². The Labute approximate surface area is 79.4 Å². The lowest BCUT2D eigenvalue weighted by molar-refractivity contribution is 0.541. The number of hydrogen-bond acceptors (Lipinski definition) is 3. The molecule has 0 atom stereocenters. The molecule has 1 aromatic heterocycles. The number of hydrogen-bond donors (Lipinski definition) is 1. The standard InChI is InChI=1S/C9H18N4/c1-4-5-13-7-11-12-9(13)6-10-8(2)3/h7-8,10H,4-6H2,1-3H3. The third-order valence-corrected chi connectivity index (χ3v) is 1.83. The van der Waals surface area contributed by atoms with E-state index in [0.29, 0.717) is 6.04 Å². The van der Waals surface area contributed by atoms with Gasteiger partial charge in [0.15, 0.2) is 0 Å². The molecular formula is C9H18N4. The van der Waals surface area contributed by atoms with E-state index in [1.54, 1.807) is 6.33 Å². The van der Waals surface area contributed by atoms with Crippen LogP contribution in [0, 0.1) is 0 Å². The number of rotatable bonds is 5. The molecule has 0 aromatic carbocycles. The molecule has 4 nitrogen and oxygen atoms in total. The molecule has 0 aliphatic rings. The van der Waals surface area contributed by atoms with E-state index in [2.05, 4.69) is 40.9 Å². The van der Waals surface area contributed by atoms with Crippen LogP contribution in [0.15, 0.2) is 6.33 Å². The zero-order valence-corrected chi connectivity index (χ0v) is 8.62. The monoisotopic (exact) mass is 182 g/mol. The van der Waals surface area contributed by atoms with E-state index in [4.69, 9.17) is 0 Å². The fourth-order valence-corrected chi connectivity index (χ4v) is 1.14. The van der Waals surface area contributed by atoms with Crippen LogP contribution < -0.4 is 5.32 Å². The smallest absolute Gasteiger partial charge is 0.146 e. The Morgan fingerprint density at radius 2 is 2.31 bits per heavy atom. The Hall–Kier alpha value is -0.900. The van der Waals surface area contributed by atoms with Gasteiger partial charge in [0.05, 0.1) is 6.54 Å². The molecular weight excluding hydrogens is 164 g/mol. The van der Waals surface area contributed by atoms with E-state index < -0.39 is 0 Å². The fraction of sp³-hybridized carbons (Fsp3) is 0.778. The lowest BCUT2D eigenvalue weighted by Gasteiger charge is -2.08. The van der Waals surface area contributed by atoms with Crippen LogP contribution in [0.2, 0.25) is 0 Å². The Morgan fingerprint density at radius 3 is 2.92 bits per heavy atom. The number of nitrogens with one attached hydrogen (secondary N) is 1. The van der Waals surface area contributed by atoms with Crippen molar-refractivity contribution in [2.75, 3.05) is 0 Å². The van der Waals surface area contributed by atoms with Crippen molar-refractivity contribution < 1.29 is 0 Å². The zero-order valence-electron chi connectivity index (χ0n) is 8.62. The Balaban J connectivity index is 2.49. The van der Waals surface area contributed by atoms with Crippen LogP contribution in [0.4, 0.5) is 0 Å². The lowest BCUT2D eigenvalue weighted by Crippen LogP contribution is -2.24. The highest BCUT2D eigenvalue weighted by Gasteiger charge is 2.02. The molecule has 0 aliphatic carbocycles. The van der Waals surface area contributed by atoms with Gasteiger partial charge in [-0.25, -0.2) is 0 Å². The van der Waals surface area contributed by atoms with Gasteiger partial charge in [0.1, 0.15) is 12.2 Å². The zero-order chi connectivity index (χ0) is 9.68. The van der Waals surface area contributed by atoms with Crippen LogP contribution in [-0.4, -0.2) is 20.8 Å². The summed E-state index contributed by atoms with van der Waals surface area (Å²) in [5.41, 5.74) is 0. The minimum Gasteiger partial charge on any atom is -0.317 e. The van der Waals surface area contributed by atoms with Crippen molar-refractivity contribution in [3.8, 4) is 0 Å². The first-order valence-corrected chi connectivity index (χ1v) is 4.84. The molecule has 1 heterocycles. The lowest BCUT2D eigenvalue weighted by atomic mass is 10.4. The number of nitrogens with zero attached hydrogens (tertiary/aromatic N) is 3. The van der Waals surface area contributed by atoms with Crippen molar-refractivity contribution in [1.82, 2.24) is 20.1 Å². The van der Waals surface area contributed by atoms with Gasteiger partial charge in [-0.05, 0) is 6.42 Å². The second-order valence-corrected chi connectivity index (χ2v) is 3.48. The van der Waals surface area contributed by atoms with Gasteiger partial charge in [-0.1, -0.05) is 20.8 Å². The first-order valence-electron chi connectivity index (χ1n) is 4.84. The third kappa shape index (κ3) is 3.14. The average Bonchev–Trinajstić information content (AvgIpc) is 2.49. The third-order valence-electron chi connectivity index (χ3n) is 1.83. The average molecular weight is 182 g/mol. The van der Waals surface area contributed by atoms with Gasteiger partial charge >= 0.3 is 0 Å². The van der Waals surface area contributed by atoms with E-state index in [1.165, 1.54) is 0 Å². The van der Waals surface area contributed by atoms with Crippen LogP contribution in [0.1, 0.15) is 33.0 Å². The van der Waals surface area contributed by atoms with Crippen LogP contribution in [0.5, 0.6) is 0 Å². The summed E-state index contributed by atoms with van der Waals surface area (Å²) in [6.07, 6.45) is 2.91. The van der Waals surface area contributed by atoms with Crippen molar-refractivity contribution in [3.05, 3.63) is 12.2 Å². The molecule has 0 unspecified atom stereocenters. The molecule has 4 heteroatoms. The van der Waals surface area contributed by atoms with Gasteiger partial charge in [0, 0.05) is 12.6 Å². The van der Waals surface area contributed by atoms with E-state index >= 15 is 0 Å². The molecule has 0 saturated carbocycles. The van der Waals surface area contributed by atoms with E-state index in [9.17, 15) is 0 Å². The molecule has 0 radical (unpaired) electrons. The molecule has 0 amide bonds. The molecule has 0 bridgehead atoms. The van der Waals surface area contributed by atoms with Crippen LogP contribution in [-0.2, 0) is 13.1 Å². The summed E-state index contributed by atoms with van der Waals surface area (Å²) in [7, 11) is 0. The summed E-state index contributed by atoms with van der Waals surface area (Å²) in [5, 5.41) is 11.3. The largest absolute Gasteiger partial charge is 0.317 e.